The average molecular weight is 399 g/mol. The Kier molecular flexibility index (Phi) is 4.65. The maximum Gasteiger partial charge on any atom is 0.0977 e. The molecule has 0 radical (unpaired) electrons. The van der Waals surface area contributed by atoms with Gasteiger partial charge in [-0.1, -0.05) is 57.3 Å². The Morgan fingerprint density at radius 2 is 1.67 bits per heavy atom. The average Bonchev–Trinajstić information content (AvgIpc) is 2.92. The highest BCUT2D eigenvalue weighted by Gasteiger charge is 2.10. The molecule has 1 nitrogen and oxygen atoms in total. The van der Waals surface area contributed by atoms with Crippen molar-refractivity contribution in [2.24, 2.45) is 0 Å². The Balaban J connectivity index is 1.87. The first-order valence-electron chi connectivity index (χ1n) is 6.27. The smallest absolute Gasteiger partial charge is 0.0977 e. The summed E-state index contributed by atoms with van der Waals surface area (Å²) in [4.78, 5) is 4.67. The zero-order valence-corrected chi connectivity index (χ0v) is 14.7. The fourth-order valence-corrected chi connectivity index (χ4v) is 3.61. The minimum absolute atomic E-state index is 0.652. The SMILES string of the molecule is Clc1cccc(Cl)c1Cc1nc(-c2ccc(Br)cc2)cs1. The van der Waals surface area contributed by atoms with E-state index in [0.717, 1.165) is 26.3 Å². The molecule has 106 valence electrons. The van der Waals surface area contributed by atoms with Crippen LogP contribution in [0.4, 0.5) is 0 Å². The molecule has 0 amide bonds. The lowest BCUT2D eigenvalue weighted by atomic mass is 10.1. The highest BCUT2D eigenvalue weighted by molar-refractivity contribution is 9.10. The van der Waals surface area contributed by atoms with Crippen LogP contribution in [0.1, 0.15) is 10.6 Å². The maximum atomic E-state index is 6.21. The second-order valence-electron chi connectivity index (χ2n) is 4.51. The molecule has 1 aromatic heterocycles. The third kappa shape index (κ3) is 3.49. The number of hydrogen-bond acceptors (Lipinski definition) is 2. The molecule has 0 aliphatic rings. The summed E-state index contributed by atoms with van der Waals surface area (Å²) in [5, 5.41) is 4.43. The molecule has 2 aromatic carbocycles. The van der Waals surface area contributed by atoms with Gasteiger partial charge >= 0.3 is 0 Å². The fraction of sp³-hybridized carbons (Fsp3) is 0.0625. The molecular formula is C16H10BrCl2NS. The standard InChI is InChI=1S/C16H10BrCl2NS/c17-11-6-4-10(5-7-11)15-9-21-16(20-15)8-12-13(18)2-1-3-14(12)19/h1-7,9H,8H2. The van der Waals surface area contributed by atoms with Gasteiger partial charge in [-0.2, -0.15) is 0 Å². The molecule has 0 N–H and O–H groups in total. The minimum atomic E-state index is 0.652. The van der Waals surface area contributed by atoms with Crippen LogP contribution in [0, 0.1) is 0 Å². The van der Waals surface area contributed by atoms with Gasteiger partial charge in [0.05, 0.1) is 10.7 Å². The summed E-state index contributed by atoms with van der Waals surface area (Å²) in [6, 6.07) is 13.7. The number of hydrogen-bond donors (Lipinski definition) is 0. The monoisotopic (exact) mass is 397 g/mol. The number of nitrogens with zero attached hydrogens (tertiary/aromatic N) is 1. The predicted molar refractivity (Wildman–Crippen MR) is 94.5 cm³/mol. The van der Waals surface area contributed by atoms with E-state index in [2.05, 4.69) is 26.3 Å². The number of aromatic nitrogens is 1. The van der Waals surface area contributed by atoms with Gasteiger partial charge in [0.25, 0.3) is 0 Å². The highest BCUT2D eigenvalue weighted by Crippen LogP contribution is 2.30. The molecule has 0 aliphatic carbocycles. The van der Waals surface area contributed by atoms with Crippen molar-refractivity contribution in [2.75, 3.05) is 0 Å². The van der Waals surface area contributed by atoms with Crippen LogP contribution in [0.2, 0.25) is 10.0 Å². The summed E-state index contributed by atoms with van der Waals surface area (Å²) in [5.74, 6) is 0. The molecule has 0 atom stereocenters. The van der Waals surface area contributed by atoms with Gasteiger partial charge in [0.1, 0.15) is 0 Å². The van der Waals surface area contributed by atoms with Crippen molar-refractivity contribution in [3.05, 3.63) is 72.9 Å². The van der Waals surface area contributed by atoms with Crippen molar-refractivity contribution < 1.29 is 0 Å². The van der Waals surface area contributed by atoms with E-state index in [9.17, 15) is 0 Å². The quantitative estimate of drug-likeness (QED) is 0.492. The van der Waals surface area contributed by atoms with Gasteiger partial charge in [-0.3, -0.25) is 0 Å². The second kappa shape index (κ2) is 6.49. The number of benzene rings is 2. The van der Waals surface area contributed by atoms with Crippen LogP contribution in [-0.4, -0.2) is 4.98 Å². The number of thiazole rings is 1. The van der Waals surface area contributed by atoms with Crippen LogP contribution in [0.3, 0.4) is 0 Å². The van der Waals surface area contributed by atoms with Crippen LogP contribution >= 0.6 is 50.5 Å². The van der Waals surface area contributed by atoms with Crippen LogP contribution < -0.4 is 0 Å². The summed E-state index contributed by atoms with van der Waals surface area (Å²) >= 11 is 17.5. The van der Waals surface area contributed by atoms with Gasteiger partial charge in [-0.05, 0) is 29.8 Å². The molecule has 0 aliphatic heterocycles. The summed E-state index contributed by atoms with van der Waals surface area (Å²) in [7, 11) is 0. The molecule has 5 heteroatoms. The predicted octanol–water partition coefficient (Wildman–Crippen LogP) is 6.47. The van der Waals surface area contributed by atoms with Crippen LogP contribution in [0.5, 0.6) is 0 Å². The van der Waals surface area contributed by atoms with E-state index in [-0.39, 0.29) is 0 Å². The van der Waals surface area contributed by atoms with Gasteiger partial charge in [-0.15, -0.1) is 11.3 Å². The Labute approximate surface area is 145 Å². The van der Waals surface area contributed by atoms with Crippen LogP contribution in [0.15, 0.2) is 52.3 Å². The Hall–Kier alpha value is -0.870. The van der Waals surface area contributed by atoms with E-state index in [1.165, 1.54) is 0 Å². The summed E-state index contributed by atoms with van der Waals surface area (Å²) in [6.07, 6.45) is 0.652. The highest BCUT2D eigenvalue weighted by atomic mass is 79.9. The third-order valence-electron chi connectivity index (χ3n) is 3.08. The second-order valence-corrected chi connectivity index (χ2v) is 7.18. The summed E-state index contributed by atoms with van der Waals surface area (Å²) in [5.41, 5.74) is 3.01. The first-order chi connectivity index (χ1) is 10.1. The number of halogens is 3. The first-order valence-corrected chi connectivity index (χ1v) is 8.69. The van der Waals surface area contributed by atoms with Crippen molar-refractivity contribution in [2.45, 2.75) is 6.42 Å². The van der Waals surface area contributed by atoms with Crippen LogP contribution in [-0.2, 0) is 6.42 Å². The van der Waals surface area contributed by atoms with Gasteiger partial charge in [0.15, 0.2) is 0 Å². The number of rotatable bonds is 3. The van der Waals surface area contributed by atoms with Gasteiger partial charge in [0, 0.05) is 31.9 Å². The van der Waals surface area contributed by atoms with Crippen molar-refractivity contribution in [1.29, 1.82) is 0 Å². The van der Waals surface area contributed by atoms with E-state index >= 15 is 0 Å². The minimum Gasteiger partial charge on any atom is -0.241 e. The Morgan fingerprint density at radius 1 is 1.00 bits per heavy atom. The fourth-order valence-electron chi connectivity index (χ4n) is 2.00. The molecule has 21 heavy (non-hydrogen) atoms. The zero-order valence-electron chi connectivity index (χ0n) is 10.8. The molecule has 0 fully saturated rings. The molecular weight excluding hydrogens is 389 g/mol. The van der Waals surface area contributed by atoms with Gasteiger partial charge in [-0.25, -0.2) is 4.98 Å². The molecule has 0 bridgehead atoms. The Morgan fingerprint density at radius 3 is 2.33 bits per heavy atom. The van der Waals surface area contributed by atoms with Crippen molar-refractivity contribution in [3.63, 3.8) is 0 Å². The lowest BCUT2D eigenvalue weighted by molar-refractivity contribution is 1.14. The van der Waals surface area contributed by atoms with E-state index in [1.807, 2.05) is 42.5 Å². The topological polar surface area (TPSA) is 12.9 Å². The van der Waals surface area contributed by atoms with E-state index in [1.54, 1.807) is 11.3 Å². The maximum absolute atomic E-state index is 6.21. The van der Waals surface area contributed by atoms with Gasteiger partial charge < -0.3 is 0 Å². The summed E-state index contributed by atoms with van der Waals surface area (Å²) < 4.78 is 1.06. The first kappa shape index (κ1) is 15.0. The zero-order chi connectivity index (χ0) is 14.8. The van der Waals surface area contributed by atoms with Crippen molar-refractivity contribution >= 4 is 50.5 Å². The summed E-state index contributed by atoms with van der Waals surface area (Å²) in [6.45, 7) is 0. The molecule has 0 spiro atoms. The van der Waals surface area contributed by atoms with Crippen molar-refractivity contribution in [1.82, 2.24) is 4.98 Å². The molecule has 3 rings (SSSR count). The van der Waals surface area contributed by atoms with E-state index in [4.69, 9.17) is 23.2 Å². The third-order valence-corrected chi connectivity index (χ3v) is 5.17. The molecule has 0 saturated carbocycles. The Bertz CT molecular complexity index is 748. The van der Waals surface area contributed by atoms with Crippen LogP contribution in [0.25, 0.3) is 11.3 Å². The lowest BCUT2D eigenvalue weighted by Crippen LogP contribution is -1.90. The lowest BCUT2D eigenvalue weighted by Gasteiger charge is -2.04. The largest absolute Gasteiger partial charge is 0.241 e. The molecule has 3 aromatic rings. The molecule has 0 unspecified atom stereocenters. The van der Waals surface area contributed by atoms with E-state index < -0.39 is 0 Å². The van der Waals surface area contributed by atoms with Gasteiger partial charge in [0.2, 0.25) is 0 Å². The van der Waals surface area contributed by atoms with E-state index in [0.29, 0.717) is 16.5 Å². The van der Waals surface area contributed by atoms with Crippen molar-refractivity contribution in [3.8, 4) is 11.3 Å². The normalized spacial score (nSPS) is 10.8. The molecule has 0 saturated heterocycles. The molecule has 1 heterocycles.